The highest BCUT2D eigenvalue weighted by atomic mass is 35.5. The summed E-state index contributed by atoms with van der Waals surface area (Å²) in [7, 11) is -2.59. The van der Waals surface area contributed by atoms with E-state index < -0.39 is 34.4 Å². The molecule has 0 saturated heterocycles. The Hall–Kier alpha value is -3.50. The highest BCUT2D eigenvalue weighted by Gasteiger charge is 2.36. The average Bonchev–Trinajstić information content (AvgIpc) is 3.26. The molecular weight excluding hydrogens is 502 g/mol. The van der Waals surface area contributed by atoms with Crippen molar-refractivity contribution in [1.82, 2.24) is 14.3 Å². The molecule has 0 bridgehead atoms. The van der Waals surface area contributed by atoms with Gasteiger partial charge in [0.15, 0.2) is 5.03 Å². The van der Waals surface area contributed by atoms with E-state index in [4.69, 9.17) is 16.6 Å². The molecule has 9 nitrogen and oxygen atoms in total. The zero-order valence-corrected chi connectivity index (χ0v) is 21.6. The molecule has 0 aliphatic carbocycles. The number of nitrogens with zero attached hydrogens (tertiary/aromatic N) is 4. The molecule has 0 spiro atoms. The lowest BCUT2D eigenvalue weighted by atomic mass is 9.98. The van der Waals surface area contributed by atoms with Crippen LogP contribution in [0.2, 0.25) is 5.02 Å². The molecule has 0 fully saturated rings. The molecule has 2 heterocycles. The van der Waals surface area contributed by atoms with E-state index in [1.165, 1.54) is 22.0 Å². The summed E-state index contributed by atoms with van der Waals surface area (Å²) in [6.45, 7) is 3.35. The number of carbonyl (C=O) groups excluding carboxylic acids is 2. The highest BCUT2D eigenvalue weighted by molar-refractivity contribution is 7.90. The lowest BCUT2D eigenvalue weighted by Crippen LogP contribution is -2.47. The summed E-state index contributed by atoms with van der Waals surface area (Å²) in [5.41, 5.74) is 2.37. The van der Waals surface area contributed by atoms with Crippen molar-refractivity contribution in [2.45, 2.75) is 31.3 Å². The number of imidazole rings is 1. The van der Waals surface area contributed by atoms with Gasteiger partial charge < -0.3 is 9.47 Å². The van der Waals surface area contributed by atoms with Gasteiger partial charge in [-0.2, -0.15) is 8.42 Å². The zero-order valence-electron chi connectivity index (χ0n) is 20.1. The Morgan fingerprint density at radius 1 is 1.19 bits per heavy atom. The van der Waals surface area contributed by atoms with Crippen LogP contribution in [0.4, 0.5) is 5.69 Å². The van der Waals surface area contributed by atoms with E-state index >= 15 is 0 Å². The van der Waals surface area contributed by atoms with Crippen LogP contribution in [0.15, 0.2) is 71.1 Å². The first-order valence-electron chi connectivity index (χ1n) is 11.4. The molecule has 2 aromatic carbocycles. The second-order valence-electron chi connectivity index (χ2n) is 8.67. The largest absolute Gasteiger partial charge is 0.339 e. The molecule has 1 N–H and O–H groups in total. The number of halogens is 1. The summed E-state index contributed by atoms with van der Waals surface area (Å²) in [6.07, 6.45) is 3.27. The summed E-state index contributed by atoms with van der Waals surface area (Å²) in [4.78, 5) is 36.7. The number of benzene rings is 2. The van der Waals surface area contributed by atoms with Crippen molar-refractivity contribution in [3.8, 4) is 0 Å². The molecule has 2 atom stereocenters. The van der Waals surface area contributed by atoms with Gasteiger partial charge in [-0.3, -0.25) is 14.6 Å². The van der Waals surface area contributed by atoms with Crippen LogP contribution in [0.3, 0.4) is 0 Å². The maximum Gasteiger partial charge on any atom is 0.283 e. The van der Waals surface area contributed by atoms with E-state index in [1.807, 2.05) is 48.9 Å². The Kier molecular flexibility index (Phi) is 7.28. The van der Waals surface area contributed by atoms with E-state index in [9.17, 15) is 18.0 Å². The van der Waals surface area contributed by atoms with Crippen LogP contribution >= 0.6 is 11.6 Å². The van der Waals surface area contributed by atoms with E-state index in [-0.39, 0.29) is 10.9 Å². The van der Waals surface area contributed by atoms with Gasteiger partial charge in [0.05, 0.1) is 17.7 Å². The number of aromatic nitrogens is 2. The van der Waals surface area contributed by atoms with Crippen molar-refractivity contribution >= 4 is 44.8 Å². The fourth-order valence-corrected chi connectivity index (χ4v) is 5.10. The molecule has 2 amide bonds. The second-order valence-corrected chi connectivity index (χ2v) is 10.7. The smallest absolute Gasteiger partial charge is 0.283 e. The molecule has 0 saturated carbocycles. The summed E-state index contributed by atoms with van der Waals surface area (Å²) >= 11 is 6.33. The molecule has 1 aliphatic rings. The molecular formula is C25H26ClN5O4S. The number of benzodiazepines with no additional fused rings is 1. The van der Waals surface area contributed by atoms with Gasteiger partial charge in [0.1, 0.15) is 12.6 Å². The molecule has 4 rings (SSSR count). The minimum absolute atomic E-state index is 0.135. The zero-order chi connectivity index (χ0) is 26.0. The van der Waals surface area contributed by atoms with Crippen molar-refractivity contribution in [3.05, 3.63) is 77.2 Å². The number of aryl methyl sites for hydroxylation is 1. The Morgan fingerprint density at radius 2 is 1.92 bits per heavy atom. The van der Waals surface area contributed by atoms with E-state index in [0.29, 0.717) is 28.4 Å². The maximum atomic E-state index is 13.8. The molecule has 11 heteroatoms. The predicted molar refractivity (Wildman–Crippen MR) is 138 cm³/mol. The quantitative estimate of drug-likeness (QED) is 0.507. The minimum atomic E-state index is -4.21. The van der Waals surface area contributed by atoms with E-state index in [2.05, 4.69) is 4.98 Å². The molecule has 1 aromatic heterocycles. The monoisotopic (exact) mass is 527 g/mol. The second kappa shape index (κ2) is 10.2. The van der Waals surface area contributed by atoms with Gasteiger partial charge in [-0.05, 0) is 24.1 Å². The number of fused-ring (bicyclic) bond motifs is 1. The van der Waals surface area contributed by atoms with Crippen molar-refractivity contribution in [2.24, 2.45) is 18.0 Å². The fraction of sp³-hybridized carbons (Fsp3) is 0.280. The number of carbonyl (C=O) groups is 2. The third-order valence-corrected chi connectivity index (χ3v) is 7.52. The number of hydrogen-bond acceptors (Lipinski definition) is 6. The summed E-state index contributed by atoms with van der Waals surface area (Å²) in [6, 6.07) is 13.6. The Balaban J connectivity index is 1.77. The van der Waals surface area contributed by atoms with Crippen molar-refractivity contribution in [3.63, 3.8) is 0 Å². The molecule has 36 heavy (non-hydrogen) atoms. The SMILES string of the molecule is CC[C@H](C)[C@@H]1N=C(c2ccccc2)c2cc(Cl)ccc2N(CC(=O)NS(=O)(=O)c2cn(C)cn2)C1=O. The Labute approximate surface area is 214 Å². The molecule has 1 aliphatic heterocycles. The van der Waals surface area contributed by atoms with Gasteiger partial charge in [0.25, 0.3) is 21.8 Å². The summed E-state index contributed by atoms with van der Waals surface area (Å²) < 4.78 is 28.8. The number of anilines is 1. The third kappa shape index (κ3) is 5.19. The first-order valence-corrected chi connectivity index (χ1v) is 13.2. The predicted octanol–water partition coefficient (Wildman–Crippen LogP) is 3.18. The third-order valence-electron chi connectivity index (χ3n) is 6.03. The highest BCUT2D eigenvalue weighted by Crippen LogP contribution is 2.33. The van der Waals surface area contributed by atoms with Crippen LogP contribution in [0.5, 0.6) is 0 Å². The number of amides is 2. The van der Waals surface area contributed by atoms with Gasteiger partial charge in [-0.25, -0.2) is 9.71 Å². The summed E-state index contributed by atoms with van der Waals surface area (Å²) in [5, 5.41) is 0.147. The van der Waals surface area contributed by atoms with E-state index in [1.54, 1.807) is 25.2 Å². The molecule has 0 unspecified atom stereocenters. The standard InChI is InChI=1S/C25H26ClN5O4S/c1-4-16(2)23-25(33)31(13-21(32)29-36(34,35)22-14-30(3)15-27-22)20-11-10-18(26)12-19(20)24(28-23)17-8-6-5-7-9-17/h5-12,14-16,23H,4,13H2,1-3H3,(H,29,32)/t16-,23-/m0/s1. The van der Waals surface area contributed by atoms with Gasteiger partial charge >= 0.3 is 0 Å². The number of sulfonamides is 1. The van der Waals surface area contributed by atoms with E-state index in [0.717, 1.165) is 5.56 Å². The van der Waals surface area contributed by atoms with Crippen molar-refractivity contribution in [1.29, 1.82) is 0 Å². The Morgan fingerprint density at radius 3 is 2.56 bits per heavy atom. The van der Waals surface area contributed by atoms with Crippen molar-refractivity contribution in [2.75, 3.05) is 11.4 Å². The van der Waals surface area contributed by atoms with Crippen LogP contribution < -0.4 is 9.62 Å². The maximum absolute atomic E-state index is 13.8. The van der Waals surface area contributed by atoms with Crippen LogP contribution in [0, 0.1) is 5.92 Å². The van der Waals surface area contributed by atoms with Crippen LogP contribution in [0.1, 0.15) is 31.4 Å². The van der Waals surface area contributed by atoms with Crippen LogP contribution in [-0.4, -0.2) is 48.1 Å². The van der Waals surface area contributed by atoms with Gasteiger partial charge in [0, 0.05) is 29.4 Å². The van der Waals surface area contributed by atoms with Crippen LogP contribution in [0.25, 0.3) is 0 Å². The van der Waals surface area contributed by atoms with Crippen molar-refractivity contribution < 1.29 is 18.0 Å². The molecule has 188 valence electrons. The lowest BCUT2D eigenvalue weighted by Gasteiger charge is -2.26. The van der Waals surface area contributed by atoms with Gasteiger partial charge in [-0.1, -0.05) is 62.2 Å². The normalized spacial score (nSPS) is 16.7. The first kappa shape index (κ1) is 25.6. The minimum Gasteiger partial charge on any atom is -0.339 e. The summed E-state index contributed by atoms with van der Waals surface area (Å²) in [5.74, 6) is -1.41. The van der Waals surface area contributed by atoms with Crippen LogP contribution in [-0.2, 0) is 26.7 Å². The number of nitrogens with one attached hydrogen (secondary N) is 1. The number of aliphatic imine (C=N–C) groups is 1. The molecule has 3 aromatic rings. The molecule has 0 radical (unpaired) electrons. The first-order chi connectivity index (χ1) is 17.1. The topological polar surface area (TPSA) is 114 Å². The van der Waals surface area contributed by atoms with Gasteiger partial charge in [-0.15, -0.1) is 0 Å². The number of rotatable bonds is 7. The fourth-order valence-electron chi connectivity index (χ4n) is 3.96. The lowest BCUT2D eigenvalue weighted by molar-refractivity contribution is -0.124. The number of hydrogen-bond donors (Lipinski definition) is 1. The average molecular weight is 528 g/mol. The Bertz CT molecular complexity index is 1440. The van der Waals surface area contributed by atoms with Gasteiger partial charge in [0.2, 0.25) is 0 Å².